The first-order valence-electron chi connectivity index (χ1n) is 9.21. The minimum absolute atomic E-state index is 0.0436. The lowest BCUT2D eigenvalue weighted by Crippen LogP contribution is -2.32. The Morgan fingerprint density at radius 3 is 2.43 bits per heavy atom. The average molecular weight is 416 g/mol. The summed E-state index contributed by atoms with van der Waals surface area (Å²) in [5.74, 6) is -3.90. The summed E-state index contributed by atoms with van der Waals surface area (Å²) >= 11 is 0. The minimum atomic E-state index is -1.12. The molecule has 2 N–H and O–H groups in total. The number of rotatable bonds is 5. The van der Waals surface area contributed by atoms with Gasteiger partial charge in [0.15, 0.2) is 11.6 Å². The fourth-order valence-corrected chi connectivity index (χ4v) is 2.87. The van der Waals surface area contributed by atoms with Gasteiger partial charge in [-0.1, -0.05) is 0 Å². The van der Waals surface area contributed by atoms with Crippen LogP contribution in [0.4, 0.5) is 17.6 Å². The zero-order valence-electron chi connectivity index (χ0n) is 15.6. The highest BCUT2D eigenvalue weighted by atomic mass is 19.2. The molecule has 0 bridgehead atoms. The Morgan fingerprint density at radius 2 is 1.77 bits per heavy atom. The molecule has 1 aliphatic carbocycles. The molecule has 2 aromatic carbocycles. The number of aliphatic imine (C=N–C) groups is 1. The summed E-state index contributed by atoms with van der Waals surface area (Å²) in [7, 11) is 0. The van der Waals surface area contributed by atoms with Gasteiger partial charge in [-0.3, -0.25) is 14.9 Å². The van der Waals surface area contributed by atoms with E-state index in [9.17, 15) is 22.4 Å². The van der Waals surface area contributed by atoms with Crippen LogP contribution in [0, 0.1) is 23.3 Å². The Bertz CT molecular complexity index is 1120. The van der Waals surface area contributed by atoms with Crippen molar-refractivity contribution in [1.29, 1.82) is 0 Å². The van der Waals surface area contributed by atoms with Crippen molar-refractivity contribution in [3.8, 4) is 11.3 Å². The fraction of sp³-hybridized carbons (Fsp3) is 0.190. The molecule has 1 heterocycles. The second kappa shape index (κ2) is 8.10. The first-order valence-corrected chi connectivity index (χ1v) is 9.21. The van der Waals surface area contributed by atoms with Gasteiger partial charge in [-0.15, -0.1) is 0 Å². The first kappa shape index (κ1) is 19.8. The van der Waals surface area contributed by atoms with Crippen LogP contribution in [-0.2, 0) is 6.42 Å². The molecule has 4 rings (SSSR count). The Balaban J connectivity index is 1.52. The second-order valence-corrected chi connectivity index (χ2v) is 7.00. The largest absolute Gasteiger partial charge is 0.310 e. The molecule has 1 aromatic heterocycles. The number of benzene rings is 2. The molecule has 1 aliphatic rings. The first-order chi connectivity index (χ1) is 14.4. The molecular formula is C21H16F4N4O. The van der Waals surface area contributed by atoms with Gasteiger partial charge in [0, 0.05) is 29.3 Å². The third-order valence-corrected chi connectivity index (χ3v) is 4.47. The molecule has 0 unspecified atom stereocenters. The Kier molecular flexibility index (Phi) is 5.35. The lowest BCUT2D eigenvalue weighted by atomic mass is 10.1. The molecule has 154 valence electrons. The summed E-state index contributed by atoms with van der Waals surface area (Å²) in [5.41, 5.74) is 1.11. The van der Waals surface area contributed by atoms with Crippen LogP contribution in [-0.4, -0.2) is 28.0 Å². The van der Waals surface area contributed by atoms with E-state index in [0.29, 0.717) is 17.2 Å². The molecule has 9 heteroatoms. The van der Waals surface area contributed by atoms with Crippen LogP contribution in [0.15, 0.2) is 47.5 Å². The van der Waals surface area contributed by atoms with Crippen LogP contribution in [0.5, 0.6) is 0 Å². The molecular weight excluding hydrogens is 400 g/mol. The lowest BCUT2D eigenvalue weighted by Gasteiger charge is -2.08. The maximum Gasteiger partial charge on any atom is 0.256 e. The van der Waals surface area contributed by atoms with E-state index in [-0.39, 0.29) is 23.6 Å². The molecule has 0 aliphatic heterocycles. The molecule has 0 radical (unpaired) electrons. The molecule has 1 fully saturated rings. The molecule has 0 atom stereocenters. The van der Waals surface area contributed by atoms with E-state index >= 15 is 0 Å². The summed E-state index contributed by atoms with van der Waals surface area (Å²) in [6.07, 6.45) is 1.94. The minimum Gasteiger partial charge on any atom is -0.310 e. The van der Waals surface area contributed by atoms with E-state index in [0.717, 1.165) is 43.2 Å². The van der Waals surface area contributed by atoms with E-state index in [1.54, 1.807) is 6.07 Å². The van der Waals surface area contributed by atoms with Gasteiger partial charge in [0.05, 0.1) is 11.7 Å². The quantitative estimate of drug-likeness (QED) is 0.372. The summed E-state index contributed by atoms with van der Waals surface area (Å²) in [6, 6.07) is 7.64. The topological polar surface area (TPSA) is 70.1 Å². The SMILES string of the molecule is O=C(NC(Cc1cc(-c2cc(F)cc(F)c2)n[nH]1)=NC1CC1)c1ccc(F)c(F)c1. The van der Waals surface area contributed by atoms with Crippen LogP contribution in [0.3, 0.4) is 0 Å². The lowest BCUT2D eigenvalue weighted by molar-refractivity contribution is 0.0976. The van der Waals surface area contributed by atoms with E-state index in [4.69, 9.17) is 0 Å². The van der Waals surface area contributed by atoms with Crippen LogP contribution >= 0.6 is 0 Å². The highest BCUT2D eigenvalue weighted by molar-refractivity contribution is 6.07. The summed E-state index contributed by atoms with van der Waals surface area (Å²) < 4.78 is 53.4. The molecule has 0 saturated heterocycles. The molecule has 30 heavy (non-hydrogen) atoms. The number of hydrogen-bond donors (Lipinski definition) is 2. The van der Waals surface area contributed by atoms with Crippen molar-refractivity contribution in [3.05, 3.63) is 77.0 Å². The maximum absolute atomic E-state index is 13.4. The number of H-pyrrole nitrogens is 1. The van der Waals surface area contributed by atoms with Crippen molar-refractivity contribution in [1.82, 2.24) is 15.5 Å². The van der Waals surface area contributed by atoms with E-state index < -0.39 is 29.2 Å². The van der Waals surface area contributed by atoms with Crippen molar-refractivity contribution in [2.75, 3.05) is 0 Å². The number of nitrogens with zero attached hydrogens (tertiary/aromatic N) is 2. The van der Waals surface area contributed by atoms with Crippen molar-refractivity contribution in [2.45, 2.75) is 25.3 Å². The fourth-order valence-electron chi connectivity index (χ4n) is 2.87. The highest BCUT2D eigenvalue weighted by Crippen LogP contribution is 2.24. The van der Waals surface area contributed by atoms with Gasteiger partial charge in [0.25, 0.3) is 5.91 Å². The highest BCUT2D eigenvalue weighted by Gasteiger charge is 2.22. The van der Waals surface area contributed by atoms with Crippen LogP contribution in [0.1, 0.15) is 28.9 Å². The smallest absolute Gasteiger partial charge is 0.256 e. The predicted molar refractivity (Wildman–Crippen MR) is 102 cm³/mol. The van der Waals surface area contributed by atoms with Crippen molar-refractivity contribution in [2.24, 2.45) is 4.99 Å². The number of halogens is 4. The standard InChI is InChI=1S/C21H16F4N4O/c22-13-5-12(6-14(23)8-13)19-9-16(28-29-19)10-20(26-15-2-3-15)27-21(30)11-1-4-17(24)18(25)7-11/h1,4-9,15H,2-3,10H2,(H,28,29)(H,26,27,30). The predicted octanol–water partition coefficient (Wildman–Crippen LogP) is 4.17. The monoisotopic (exact) mass is 416 g/mol. The molecule has 5 nitrogen and oxygen atoms in total. The van der Waals surface area contributed by atoms with E-state index in [1.807, 2.05) is 0 Å². The Morgan fingerprint density at radius 1 is 1.03 bits per heavy atom. The van der Waals surface area contributed by atoms with Gasteiger partial charge in [-0.2, -0.15) is 5.10 Å². The Hall–Kier alpha value is -3.49. The third kappa shape index (κ3) is 4.73. The summed E-state index contributed by atoms with van der Waals surface area (Å²) in [6.45, 7) is 0. The summed E-state index contributed by atoms with van der Waals surface area (Å²) in [4.78, 5) is 16.9. The number of amidine groups is 1. The zero-order valence-corrected chi connectivity index (χ0v) is 15.6. The molecule has 1 amide bonds. The van der Waals surface area contributed by atoms with Crippen molar-refractivity contribution in [3.63, 3.8) is 0 Å². The van der Waals surface area contributed by atoms with Gasteiger partial charge in [-0.25, -0.2) is 17.6 Å². The zero-order chi connectivity index (χ0) is 21.3. The van der Waals surface area contributed by atoms with Gasteiger partial charge in [-0.05, 0) is 49.2 Å². The number of aromatic nitrogens is 2. The maximum atomic E-state index is 13.4. The number of carbonyl (C=O) groups excluding carboxylic acids is 1. The third-order valence-electron chi connectivity index (χ3n) is 4.47. The molecule has 0 spiro atoms. The number of hydrogen-bond acceptors (Lipinski definition) is 3. The molecule has 1 saturated carbocycles. The number of nitrogens with one attached hydrogen (secondary N) is 2. The van der Waals surface area contributed by atoms with Crippen LogP contribution in [0.25, 0.3) is 11.3 Å². The van der Waals surface area contributed by atoms with E-state index in [2.05, 4.69) is 20.5 Å². The van der Waals surface area contributed by atoms with Crippen molar-refractivity contribution < 1.29 is 22.4 Å². The number of amides is 1. The second-order valence-electron chi connectivity index (χ2n) is 7.00. The van der Waals surface area contributed by atoms with Crippen molar-refractivity contribution >= 4 is 11.7 Å². The number of aromatic amines is 1. The van der Waals surface area contributed by atoms with Gasteiger partial charge < -0.3 is 5.32 Å². The van der Waals surface area contributed by atoms with Gasteiger partial charge in [0.1, 0.15) is 17.5 Å². The van der Waals surface area contributed by atoms with Crippen LogP contribution < -0.4 is 5.32 Å². The van der Waals surface area contributed by atoms with Gasteiger partial charge in [0.2, 0.25) is 0 Å². The Labute approximate surface area is 168 Å². The average Bonchev–Trinajstić information content (AvgIpc) is 3.37. The normalized spacial score (nSPS) is 14.1. The summed E-state index contributed by atoms with van der Waals surface area (Å²) in [5, 5.41) is 9.44. The molecule has 3 aromatic rings. The number of carbonyl (C=O) groups is 1. The van der Waals surface area contributed by atoms with Gasteiger partial charge >= 0.3 is 0 Å². The van der Waals surface area contributed by atoms with E-state index in [1.165, 1.54) is 6.07 Å². The van der Waals surface area contributed by atoms with Crippen LogP contribution in [0.2, 0.25) is 0 Å².